The van der Waals surface area contributed by atoms with Crippen LogP contribution < -0.4 is 0 Å². The largest absolute Gasteiger partial charge is 0.351 e. The molecule has 22 heavy (non-hydrogen) atoms. The molecular weight excluding hydrogens is 276 g/mol. The maximum atomic E-state index is 12.6. The van der Waals surface area contributed by atoms with Crippen LogP contribution in [0.3, 0.4) is 0 Å². The van der Waals surface area contributed by atoms with E-state index in [4.69, 9.17) is 5.26 Å². The first-order valence-corrected chi connectivity index (χ1v) is 7.67. The molecule has 1 aliphatic rings. The highest BCUT2D eigenvalue weighted by molar-refractivity contribution is 5.98. The molecule has 1 saturated heterocycles. The highest BCUT2D eigenvalue weighted by Gasteiger charge is 2.25. The van der Waals surface area contributed by atoms with Gasteiger partial charge >= 0.3 is 0 Å². The molecule has 0 bridgehead atoms. The number of fused-ring (bicyclic) bond motifs is 1. The predicted molar refractivity (Wildman–Crippen MR) is 85.5 cm³/mol. The average molecular weight is 296 g/mol. The number of hydrogen-bond donors (Lipinski definition) is 1. The zero-order valence-electron chi connectivity index (χ0n) is 12.7. The van der Waals surface area contributed by atoms with Gasteiger partial charge in [-0.1, -0.05) is 18.2 Å². The highest BCUT2D eigenvalue weighted by atomic mass is 16.2. The van der Waals surface area contributed by atoms with Crippen molar-refractivity contribution in [1.29, 1.82) is 5.26 Å². The monoisotopic (exact) mass is 296 g/mol. The van der Waals surface area contributed by atoms with E-state index in [1.165, 1.54) is 0 Å². The molecule has 5 heteroatoms. The molecule has 3 rings (SSSR count). The van der Waals surface area contributed by atoms with Crippen molar-refractivity contribution in [2.24, 2.45) is 0 Å². The first kappa shape index (κ1) is 14.6. The van der Waals surface area contributed by atoms with Gasteiger partial charge in [0.1, 0.15) is 5.69 Å². The summed E-state index contributed by atoms with van der Waals surface area (Å²) in [7, 11) is 0. The van der Waals surface area contributed by atoms with Crippen molar-refractivity contribution in [2.75, 3.05) is 26.2 Å². The quantitative estimate of drug-likeness (QED) is 0.944. The van der Waals surface area contributed by atoms with Gasteiger partial charge in [0.25, 0.3) is 5.91 Å². The molecule has 0 aliphatic carbocycles. The second-order valence-corrected chi connectivity index (χ2v) is 5.81. The van der Waals surface area contributed by atoms with Crippen molar-refractivity contribution in [3.05, 3.63) is 36.0 Å². The number of hydrogen-bond acceptors (Lipinski definition) is 3. The van der Waals surface area contributed by atoms with Gasteiger partial charge in [-0.15, -0.1) is 0 Å². The average Bonchev–Trinajstić information content (AvgIpc) is 2.98. The van der Waals surface area contributed by atoms with Crippen molar-refractivity contribution in [2.45, 2.75) is 19.4 Å². The number of nitrogens with one attached hydrogen (secondary N) is 1. The third-order valence-corrected chi connectivity index (χ3v) is 4.37. The Hall–Kier alpha value is -2.32. The van der Waals surface area contributed by atoms with Gasteiger partial charge in [-0.25, -0.2) is 0 Å². The van der Waals surface area contributed by atoms with Crippen LogP contribution in [-0.2, 0) is 0 Å². The number of carbonyl (C=O) groups is 1. The molecule has 2 heterocycles. The molecule has 0 unspecified atom stereocenters. The standard InChI is InChI=1S/C17H20N4O/c1-13(6-7-18)20-8-10-21(11-9-20)17(22)16-12-14-4-2-3-5-15(14)19-16/h2-5,12-13,19H,6,8-11H2,1H3/t13-/m0/s1. The summed E-state index contributed by atoms with van der Waals surface area (Å²) in [5.41, 5.74) is 1.65. The van der Waals surface area contributed by atoms with E-state index in [9.17, 15) is 4.79 Å². The molecule has 1 N–H and O–H groups in total. The number of H-pyrrole nitrogens is 1. The topological polar surface area (TPSA) is 63.1 Å². The van der Waals surface area contributed by atoms with Crippen LogP contribution in [0.1, 0.15) is 23.8 Å². The van der Waals surface area contributed by atoms with E-state index in [0.717, 1.165) is 24.0 Å². The van der Waals surface area contributed by atoms with Gasteiger partial charge in [0, 0.05) is 43.1 Å². The Morgan fingerprint density at radius 1 is 1.32 bits per heavy atom. The molecule has 1 fully saturated rings. The third-order valence-electron chi connectivity index (χ3n) is 4.37. The van der Waals surface area contributed by atoms with E-state index >= 15 is 0 Å². The zero-order chi connectivity index (χ0) is 15.5. The van der Waals surface area contributed by atoms with Crippen LogP contribution in [-0.4, -0.2) is 52.9 Å². The van der Waals surface area contributed by atoms with Crippen LogP contribution in [0, 0.1) is 11.3 Å². The Bertz CT molecular complexity index is 674. The molecule has 1 amide bonds. The predicted octanol–water partition coefficient (Wildman–Crippen LogP) is 2.23. The number of nitrogens with zero attached hydrogens (tertiary/aromatic N) is 3. The van der Waals surface area contributed by atoms with E-state index in [2.05, 4.69) is 22.9 Å². The van der Waals surface area contributed by atoms with Crippen molar-refractivity contribution in [3.63, 3.8) is 0 Å². The third kappa shape index (κ3) is 2.83. The van der Waals surface area contributed by atoms with Gasteiger partial charge in [-0.2, -0.15) is 5.26 Å². The van der Waals surface area contributed by atoms with Gasteiger partial charge in [-0.05, 0) is 19.1 Å². The summed E-state index contributed by atoms with van der Waals surface area (Å²) in [6, 6.07) is 12.3. The number of amides is 1. The summed E-state index contributed by atoms with van der Waals surface area (Å²) in [4.78, 5) is 20.0. The van der Waals surface area contributed by atoms with Crippen LogP contribution >= 0.6 is 0 Å². The minimum absolute atomic E-state index is 0.0591. The van der Waals surface area contributed by atoms with Crippen LogP contribution in [0.15, 0.2) is 30.3 Å². The molecule has 1 atom stereocenters. The minimum atomic E-state index is 0.0591. The Kier molecular flexibility index (Phi) is 4.12. The lowest BCUT2D eigenvalue weighted by Gasteiger charge is -2.37. The summed E-state index contributed by atoms with van der Waals surface area (Å²) >= 11 is 0. The summed E-state index contributed by atoms with van der Waals surface area (Å²) < 4.78 is 0. The van der Waals surface area contributed by atoms with Crippen LogP contribution in [0.5, 0.6) is 0 Å². The van der Waals surface area contributed by atoms with Crippen LogP contribution in [0.4, 0.5) is 0 Å². The fourth-order valence-electron chi connectivity index (χ4n) is 2.99. The molecular formula is C17H20N4O. The summed E-state index contributed by atoms with van der Waals surface area (Å²) in [6.07, 6.45) is 0.538. The van der Waals surface area contributed by atoms with E-state index < -0.39 is 0 Å². The normalized spacial score (nSPS) is 17.4. The van der Waals surface area contributed by atoms with Crippen LogP contribution in [0.25, 0.3) is 10.9 Å². The van der Waals surface area contributed by atoms with E-state index in [1.807, 2.05) is 35.2 Å². The Morgan fingerprint density at radius 2 is 2.05 bits per heavy atom. The second-order valence-electron chi connectivity index (χ2n) is 5.81. The van der Waals surface area contributed by atoms with Gasteiger partial charge in [0.05, 0.1) is 12.5 Å². The molecule has 0 saturated carbocycles. The molecule has 0 spiro atoms. The molecule has 2 aromatic rings. The van der Waals surface area contributed by atoms with Crippen molar-refractivity contribution < 1.29 is 4.79 Å². The molecule has 5 nitrogen and oxygen atoms in total. The molecule has 0 radical (unpaired) electrons. The van der Waals surface area contributed by atoms with E-state index in [1.54, 1.807) is 0 Å². The van der Waals surface area contributed by atoms with E-state index in [-0.39, 0.29) is 11.9 Å². The molecule has 1 aromatic heterocycles. The highest BCUT2D eigenvalue weighted by Crippen LogP contribution is 2.17. The SMILES string of the molecule is C[C@@H](CC#N)N1CCN(C(=O)c2cc3ccccc3[nH]2)CC1. The van der Waals surface area contributed by atoms with Crippen molar-refractivity contribution >= 4 is 16.8 Å². The summed E-state index contributed by atoms with van der Waals surface area (Å²) in [5.74, 6) is 0.0591. The smallest absolute Gasteiger partial charge is 0.270 e. The first-order valence-electron chi connectivity index (χ1n) is 7.67. The number of carbonyl (C=O) groups excluding carboxylic acids is 1. The number of aromatic amines is 1. The minimum Gasteiger partial charge on any atom is -0.351 e. The number of para-hydroxylation sites is 1. The lowest BCUT2D eigenvalue weighted by Crippen LogP contribution is -2.51. The molecule has 1 aromatic carbocycles. The maximum absolute atomic E-state index is 12.6. The maximum Gasteiger partial charge on any atom is 0.270 e. The summed E-state index contributed by atoms with van der Waals surface area (Å²) in [5, 5.41) is 9.84. The first-order chi connectivity index (χ1) is 10.7. The van der Waals surface area contributed by atoms with Gasteiger partial charge < -0.3 is 9.88 Å². The van der Waals surface area contributed by atoms with Gasteiger partial charge in [-0.3, -0.25) is 9.69 Å². The second kappa shape index (κ2) is 6.20. The number of nitriles is 1. The van der Waals surface area contributed by atoms with Crippen LogP contribution in [0.2, 0.25) is 0 Å². The fraction of sp³-hybridized carbons (Fsp3) is 0.412. The Labute approximate surface area is 130 Å². The number of piperazine rings is 1. The van der Waals surface area contributed by atoms with Crippen molar-refractivity contribution in [1.82, 2.24) is 14.8 Å². The molecule has 114 valence electrons. The number of benzene rings is 1. The van der Waals surface area contributed by atoms with Crippen molar-refractivity contribution in [3.8, 4) is 6.07 Å². The Morgan fingerprint density at radius 3 is 2.73 bits per heavy atom. The number of aromatic nitrogens is 1. The summed E-state index contributed by atoms with van der Waals surface area (Å²) in [6.45, 7) is 5.15. The molecule has 1 aliphatic heterocycles. The Balaban J connectivity index is 1.66. The lowest BCUT2D eigenvalue weighted by atomic mass is 10.2. The van der Waals surface area contributed by atoms with Gasteiger partial charge in [0.2, 0.25) is 0 Å². The fourth-order valence-corrected chi connectivity index (χ4v) is 2.99. The van der Waals surface area contributed by atoms with Gasteiger partial charge in [0.15, 0.2) is 0 Å². The zero-order valence-corrected chi connectivity index (χ0v) is 12.7. The lowest BCUT2D eigenvalue weighted by molar-refractivity contribution is 0.0581. The number of rotatable bonds is 3. The van der Waals surface area contributed by atoms with E-state index in [0.29, 0.717) is 25.2 Å².